The molecule has 27 heavy (non-hydrogen) atoms. The van der Waals surface area contributed by atoms with Crippen LogP contribution < -0.4 is 20.3 Å². The van der Waals surface area contributed by atoms with Gasteiger partial charge in [-0.15, -0.1) is 0 Å². The molecular weight excluding hydrogens is 366 g/mol. The van der Waals surface area contributed by atoms with Gasteiger partial charge in [-0.25, -0.2) is 0 Å². The van der Waals surface area contributed by atoms with E-state index in [9.17, 15) is 9.59 Å². The van der Waals surface area contributed by atoms with Gasteiger partial charge in [-0.05, 0) is 55.5 Å². The smallest absolute Gasteiger partial charge is 0.260 e. The number of anilines is 1. The first kappa shape index (κ1) is 20.6. The van der Waals surface area contributed by atoms with Crippen LogP contribution in [0.3, 0.4) is 0 Å². The molecule has 6 nitrogen and oxygen atoms in total. The molecule has 2 aromatic carbocycles. The fourth-order valence-corrected chi connectivity index (χ4v) is 2.42. The van der Waals surface area contributed by atoms with Crippen molar-refractivity contribution in [1.29, 1.82) is 0 Å². The molecule has 0 fully saturated rings. The van der Waals surface area contributed by atoms with E-state index in [1.165, 1.54) is 0 Å². The van der Waals surface area contributed by atoms with Crippen LogP contribution in [0.2, 0.25) is 5.02 Å². The van der Waals surface area contributed by atoms with Crippen LogP contribution in [-0.4, -0.2) is 45.1 Å². The summed E-state index contributed by atoms with van der Waals surface area (Å²) in [4.78, 5) is 26.1. The molecule has 2 rings (SSSR count). The molecule has 2 amide bonds. The Morgan fingerprint density at radius 2 is 1.59 bits per heavy atom. The Morgan fingerprint density at radius 3 is 2.19 bits per heavy atom. The summed E-state index contributed by atoms with van der Waals surface area (Å²) in [6, 6.07) is 14.1. The number of amides is 2. The first-order chi connectivity index (χ1) is 12.9. The first-order valence-corrected chi connectivity index (χ1v) is 9.00. The summed E-state index contributed by atoms with van der Waals surface area (Å²) in [7, 11) is 3.88. The normalized spacial score (nSPS) is 11.4. The highest BCUT2D eigenvalue weighted by molar-refractivity contribution is 6.30. The highest BCUT2D eigenvalue weighted by Gasteiger charge is 2.14. The monoisotopic (exact) mass is 389 g/mol. The average Bonchev–Trinajstić information content (AvgIpc) is 2.66. The summed E-state index contributed by atoms with van der Waals surface area (Å²) in [5.74, 6) is 0.131. The molecule has 0 saturated carbocycles. The number of rotatable bonds is 8. The molecule has 0 spiro atoms. The molecule has 0 aromatic heterocycles. The van der Waals surface area contributed by atoms with Gasteiger partial charge < -0.3 is 20.3 Å². The van der Waals surface area contributed by atoms with Crippen LogP contribution in [0, 0.1) is 0 Å². The van der Waals surface area contributed by atoms with Crippen LogP contribution >= 0.6 is 11.6 Å². The molecule has 0 heterocycles. The summed E-state index contributed by atoms with van der Waals surface area (Å²) in [5, 5.41) is 6.11. The zero-order chi connectivity index (χ0) is 19.8. The third kappa shape index (κ3) is 6.49. The second kappa shape index (κ2) is 9.83. The van der Waals surface area contributed by atoms with Crippen LogP contribution in [0.4, 0.5) is 5.69 Å². The first-order valence-electron chi connectivity index (χ1n) is 8.62. The summed E-state index contributed by atoms with van der Waals surface area (Å²) < 4.78 is 5.55. The Bertz CT molecular complexity index is 761. The largest absolute Gasteiger partial charge is 0.481 e. The Kier molecular flexibility index (Phi) is 7.49. The topological polar surface area (TPSA) is 70.7 Å². The van der Waals surface area contributed by atoms with Crippen molar-refractivity contribution in [2.45, 2.75) is 13.0 Å². The number of carbonyl (C=O) groups is 2. The van der Waals surface area contributed by atoms with E-state index in [2.05, 4.69) is 10.6 Å². The van der Waals surface area contributed by atoms with Crippen molar-refractivity contribution in [3.8, 4) is 5.75 Å². The number of ether oxygens (including phenoxy) is 1. The second-order valence-electron chi connectivity index (χ2n) is 6.20. The van der Waals surface area contributed by atoms with E-state index in [1.54, 1.807) is 43.3 Å². The molecule has 0 saturated heterocycles. The molecule has 2 N–H and O–H groups in total. The van der Waals surface area contributed by atoms with E-state index in [4.69, 9.17) is 16.3 Å². The number of halogens is 1. The van der Waals surface area contributed by atoms with Crippen LogP contribution in [-0.2, 0) is 4.79 Å². The molecule has 0 aliphatic heterocycles. The zero-order valence-corrected chi connectivity index (χ0v) is 16.4. The number of carbonyl (C=O) groups excluding carboxylic acids is 2. The molecule has 2 aromatic rings. The predicted molar refractivity (Wildman–Crippen MR) is 108 cm³/mol. The van der Waals surface area contributed by atoms with E-state index in [-0.39, 0.29) is 11.8 Å². The van der Waals surface area contributed by atoms with Gasteiger partial charge in [0.15, 0.2) is 6.10 Å². The molecule has 0 radical (unpaired) electrons. The van der Waals surface area contributed by atoms with Crippen molar-refractivity contribution in [3.05, 3.63) is 59.1 Å². The highest BCUT2D eigenvalue weighted by Crippen LogP contribution is 2.16. The van der Waals surface area contributed by atoms with Crippen molar-refractivity contribution < 1.29 is 14.3 Å². The number of nitrogens with one attached hydrogen (secondary N) is 2. The molecular formula is C20H24ClN3O3. The van der Waals surface area contributed by atoms with Crippen LogP contribution in [0.25, 0.3) is 0 Å². The van der Waals surface area contributed by atoms with Gasteiger partial charge in [-0.3, -0.25) is 9.59 Å². The van der Waals surface area contributed by atoms with Crippen LogP contribution in [0.1, 0.15) is 17.3 Å². The van der Waals surface area contributed by atoms with Crippen LogP contribution in [0.15, 0.2) is 48.5 Å². The summed E-state index contributed by atoms with van der Waals surface area (Å²) in [6.45, 7) is 2.30. The lowest BCUT2D eigenvalue weighted by molar-refractivity contribution is -0.127. The average molecular weight is 390 g/mol. The summed E-state index contributed by atoms with van der Waals surface area (Å²) in [5.41, 5.74) is 1.60. The maximum atomic E-state index is 12.1. The quantitative estimate of drug-likeness (QED) is 0.681. The Morgan fingerprint density at radius 1 is 1.00 bits per heavy atom. The standard InChI is InChI=1S/C20H24ClN3O3/c1-14(27-18-10-6-16(21)7-11-18)19(25)22-12-13-23-20(26)15-4-8-17(9-5-15)24(2)3/h4-11,14H,12-13H2,1-3H3,(H,22,25)(H,23,26). The fraction of sp³-hybridized carbons (Fsp3) is 0.300. The fourth-order valence-electron chi connectivity index (χ4n) is 2.29. The van der Waals surface area contributed by atoms with E-state index in [0.717, 1.165) is 5.69 Å². The van der Waals surface area contributed by atoms with Crippen molar-refractivity contribution in [2.24, 2.45) is 0 Å². The lowest BCUT2D eigenvalue weighted by Crippen LogP contribution is -2.40. The van der Waals surface area contributed by atoms with E-state index in [0.29, 0.717) is 29.4 Å². The van der Waals surface area contributed by atoms with Gasteiger partial charge in [-0.1, -0.05) is 11.6 Å². The molecule has 0 aliphatic rings. The number of benzene rings is 2. The number of hydrogen-bond donors (Lipinski definition) is 2. The molecule has 7 heteroatoms. The maximum Gasteiger partial charge on any atom is 0.260 e. The van der Waals surface area contributed by atoms with Crippen molar-refractivity contribution in [2.75, 3.05) is 32.1 Å². The number of hydrogen-bond acceptors (Lipinski definition) is 4. The number of nitrogens with zero attached hydrogens (tertiary/aromatic N) is 1. The third-order valence-corrected chi connectivity index (χ3v) is 4.10. The van der Waals surface area contributed by atoms with E-state index < -0.39 is 6.10 Å². The Labute approximate surface area is 164 Å². The van der Waals surface area contributed by atoms with E-state index >= 15 is 0 Å². The zero-order valence-electron chi connectivity index (χ0n) is 15.7. The molecule has 144 valence electrons. The van der Waals surface area contributed by atoms with Gasteiger partial charge in [0.2, 0.25) is 0 Å². The minimum Gasteiger partial charge on any atom is -0.481 e. The van der Waals surface area contributed by atoms with Gasteiger partial charge in [0.1, 0.15) is 5.75 Å². The van der Waals surface area contributed by atoms with Crippen molar-refractivity contribution in [3.63, 3.8) is 0 Å². The summed E-state index contributed by atoms with van der Waals surface area (Å²) in [6.07, 6.45) is -0.652. The van der Waals surface area contributed by atoms with Gasteiger partial charge in [-0.2, -0.15) is 0 Å². The summed E-state index contributed by atoms with van der Waals surface area (Å²) >= 11 is 5.82. The van der Waals surface area contributed by atoms with Gasteiger partial charge in [0.05, 0.1) is 0 Å². The molecule has 0 bridgehead atoms. The SMILES string of the molecule is CC(Oc1ccc(Cl)cc1)C(=O)NCCNC(=O)c1ccc(N(C)C)cc1. The highest BCUT2D eigenvalue weighted by atomic mass is 35.5. The van der Waals surface area contributed by atoms with E-state index in [1.807, 2.05) is 31.1 Å². The van der Waals surface area contributed by atoms with Gasteiger partial charge in [0.25, 0.3) is 11.8 Å². The van der Waals surface area contributed by atoms with Gasteiger partial charge in [0, 0.05) is 43.5 Å². The predicted octanol–water partition coefficient (Wildman–Crippen LogP) is 2.72. The minimum atomic E-state index is -0.652. The second-order valence-corrected chi connectivity index (χ2v) is 6.64. The lowest BCUT2D eigenvalue weighted by atomic mass is 10.2. The van der Waals surface area contributed by atoms with Crippen LogP contribution in [0.5, 0.6) is 5.75 Å². The Hall–Kier alpha value is -2.73. The van der Waals surface area contributed by atoms with Crippen molar-refractivity contribution in [1.82, 2.24) is 10.6 Å². The molecule has 1 unspecified atom stereocenters. The minimum absolute atomic E-state index is 0.181. The molecule has 1 atom stereocenters. The lowest BCUT2D eigenvalue weighted by Gasteiger charge is -2.15. The molecule has 0 aliphatic carbocycles. The maximum absolute atomic E-state index is 12.1. The third-order valence-electron chi connectivity index (χ3n) is 3.85. The Balaban J connectivity index is 1.71. The van der Waals surface area contributed by atoms with Crippen molar-refractivity contribution >= 4 is 29.1 Å². The van der Waals surface area contributed by atoms with Gasteiger partial charge >= 0.3 is 0 Å².